The van der Waals surface area contributed by atoms with E-state index >= 15 is 0 Å². The Bertz CT molecular complexity index is 256. The molecule has 2 heteroatoms. The summed E-state index contributed by atoms with van der Waals surface area (Å²) in [5.74, 6) is 0. The first kappa shape index (κ1) is 11.1. The fourth-order valence-corrected chi connectivity index (χ4v) is 1.20. The second-order valence-electron chi connectivity index (χ2n) is 3.48. The SMILES string of the molecule is CCc1ccc(NCC(C)OC)cc1. The summed E-state index contributed by atoms with van der Waals surface area (Å²) in [5.41, 5.74) is 2.53. The average Bonchev–Trinajstić information content (AvgIpc) is 2.26. The van der Waals surface area contributed by atoms with Gasteiger partial charge in [-0.3, -0.25) is 0 Å². The van der Waals surface area contributed by atoms with Gasteiger partial charge >= 0.3 is 0 Å². The van der Waals surface area contributed by atoms with E-state index in [1.54, 1.807) is 7.11 Å². The molecule has 0 aliphatic carbocycles. The van der Waals surface area contributed by atoms with E-state index in [0.29, 0.717) is 0 Å². The van der Waals surface area contributed by atoms with Crippen LogP contribution in [0.2, 0.25) is 0 Å². The normalized spacial score (nSPS) is 12.5. The van der Waals surface area contributed by atoms with Crippen LogP contribution < -0.4 is 5.32 Å². The van der Waals surface area contributed by atoms with Crippen LogP contribution in [0, 0.1) is 0 Å². The van der Waals surface area contributed by atoms with Crippen LogP contribution in [-0.2, 0) is 11.2 Å². The van der Waals surface area contributed by atoms with E-state index in [1.165, 1.54) is 5.56 Å². The highest BCUT2D eigenvalue weighted by Crippen LogP contribution is 2.09. The summed E-state index contributed by atoms with van der Waals surface area (Å²) in [7, 11) is 1.73. The molecule has 0 aromatic heterocycles. The molecule has 1 aromatic rings. The second kappa shape index (κ2) is 5.66. The Hall–Kier alpha value is -1.02. The number of aryl methyl sites for hydroxylation is 1. The maximum Gasteiger partial charge on any atom is 0.0715 e. The lowest BCUT2D eigenvalue weighted by atomic mass is 10.1. The van der Waals surface area contributed by atoms with Crippen LogP contribution in [-0.4, -0.2) is 19.8 Å². The molecule has 0 saturated carbocycles. The minimum atomic E-state index is 0.251. The summed E-state index contributed by atoms with van der Waals surface area (Å²) in [5, 5.41) is 3.32. The Morgan fingerprint density at radius 1 is 1.29 bits per heavy atom. The number of benzene rings is 1. The van der Waals surface area contributed by atoms with Crippen molar-refractivity contribution in [2.45, 2.75) is 26.4 Å². The summed E-state index contributed by atoms with van der Waals surface area (Å²) >= 11 is 0. The maximum absolute atomic E-state index is 5.15. The monoisotopic (exact) mass is 193 g/mol. The largest absolute Gasteiger partial charge is 0.382 e. The predicted molar refractivity (Wildman–Crippen MR) is 60.8 cm³/mol. The number of rotatable bonds is 5. The maximum atomic E-state index is 5.15. The van der Waals surface area contributed by atoms with Gasteiger partial charge in [0.1, 0.15) is 0 Å². The Labute approximate surface area is 86.3 Å². The molecule has 0 aliphatic rings. The first-order chi connectivity index (χ1) is 6.76. The minimum absolute atomic E-state index is 0.251. The standard InChI is InChI=1S/C12H19NO/c1-4-11-5-7-12(8-6-11)13-9-10(2)14-3/h5-8,10,13H,4,9H2,1-3H3. The highest BCUT2D eigenvalue weighted by molar-refractivity contribution is 5.44. The van der Waals surface area contributed by atoms with Crippen LogP contribution in [0.5, 0.6) is 0 Å². The van der Waals surface area contributed by atoms with Gasteiger partial charge in [-0.15, -0.1) is 0 Å². The summed E-state index contributed by atoms with van der Waals surface area (Å²) in [6, 6.07) is 8.53. The topological polar surface area (TPSA) is 21.3 Å². The summed E-state index contributed by atoms with van der Waals surface area (Å²) in [6.45, 7) is 5.06. The first-order valence-corrected chi connectivity index (χ1v) is 5.12. The zero-order chi connectivity index (χ0) is 10.4. The van der Waals surface area contributed by atoms with Gasteiger partial charge in [0.25, 0.3) is 0 Å². The molecule has 1 aromatic carbocycles. The van der Waals surface area contributed by atoms with E-state index in [0.717, 1.165) is 18.7 Å². The minimum Gasteiger partial charge on any atom is -0.382 e. The van der Waals surface area contributed by atoms with Gasteiger partial charge in [-0.25, -0.2) is 0 Å². The molecule has 1 rings (SSSR count). The molecule has 78 valence electrons. The van der Waals surface area contributed by atoms with Crippen LogP contribution in [0.3, 0.4) is 0 Å². The molecule has 0 radical (unpaired) electrons. The third-order valence-corrected chi connectivity index (χ3v) is 2.36. The Morgan fingerprint density at radius 3 is 2.43 bits per heavy atom. The molecule has 1 atom stereocenters. The Balaban J connectivity index is 2.43. The molecule has 0 bridgehead atoms. The van der Waals surface area contributed by atoms with Gasteiger partial charge in [-0.1, -0.05) is 19.1 Å². The van der Waals surface area contributed by atoms with Crippen molar-refractivity contribution in [2.75, 3.05) is 19.0 Å². The molecule has 1 unspecified atom stereocenters. The number of nitrogens with one attached hydrogen (secondary N) is 1. The van der Waals surface area contributed by atoms with Crippen LogP contribution >= 0.6 is 0 Å². The van der Waals surface area contributed by atoms with Crippen molar-refractivity contribution in [2.24, 2.45) is 0 Å². The van der Waals surface area contributed by atoms with E-state index in [9.17, 15) is 0 Å². The molecule has 0 amide bonds. The van der Waals surface area contributed by atoms with Crippen molar-refractivity contribution in [3.05, 3.63) is 29.8 Å². The Morgan fingerprint density at radius 2 is 1.93 bits per heavy atom. The van der Waals surface area contributed by atoms with Gasteiger partial charge < -0.3 is 10.1 Å². The molecule has 0 saturated heterocycles. The zero-order valence-corrected chi connectivity index (χ0v) is 9.21. The zero-order valence-electron chi connectivity index (χ0n) is 9.21. The lowest BCUT2D eigenvalue weighted by Gasteiger charge is -2.11. The highest BCUT2D eigenvalue weighted by Gasteiger charge is 1.98. The summed E-state index contributed by atoms with van der Waals surface area (Å²) in [6.07, 6.45) is 1.34. The fraction of sp³-hybridized carbons (Fsp3) is 0.500. The van der Waals surface area contributed by atoms with Crippen molar-refractivity contribution < 1.29 is 4.74 Å². The van der Waals surface area contributed by atoms with Crippen LogP contribution in [0.15, 0.2) is 24.3 Å². The summed E-state index contributed by atoms with van der Waals surface area (Å²) < 4.78 is 5.15. The van der Waals surface area contributed by atoms with Crippen LogP contribution in [0.4, 0.5) is 5.69 Å². The second-order valence-corrected chi connectivity index (χ2v) is 3.48. The van der Waals surface area contributed by atoms with Crippen LogP contribution in [0.1, 0.15) is 19.4 Å². The van der Waals surface area contributed by atoms with E-state index in [-0.39, 0.29) is 6.10 Å². The number of hydrogen-bond acceptors (Lipinski definition) is 2. The number of methoxy groups -OCH3 is 1. The van der Waals surface area contributed by atoms with Gasteiger partial charge in [-0.2, -0.15) is 0 Å². The Kier molecular flexibility index (Phi) is 4.47. The number of ether oxygens (including phenoxy) is 1. The van der Waals surface area contributed by atoms with Crippen molar-refractivity contribution in [3.63, 3.8) is 0 Å². The third kappa shape index (κ3) is 3.38. The molecule has 2 nitrogen and oxygen atoms in total. The van der Waals surface area contributed by atoms with E-state index < -0.39 is 0 Å². The first-order valence-electron chi connectivity index (χ1n) is 5.12. The van der Waals surface area contributed by atoms with Gasteiger partial charge in [0.15, 0.2) is 0 Å². The molecule has 0 heterocycles. The molecule has 0 fully saturated rings. The van der Waals surface area contributed by atoms with Gasteiger partial charge in [-0.05, 0) is 31.0 Å². The smallest absolute Gasteiger partial charge is 0.0715 e. The highest BCUT2D eigenvalue weighted by atomic mass is 16.5. The van der Waals surface area contributed by atoms with Crippen molar-refractivity contribution in [3.8, 4) is 0 Å². The quantitative estimate of drug-likeness (QED) is 0.776. The molecule has 1 N–H and O–H groups in total. The number of hydrogen-bond donors (Lipinski definition) is 1. The van der Waals surface area contributed by atoms with Crippen molar-refractivity contribution in [1.29, 1.82) is 0 Å². The van der Waals surface area contributed by atoms with Gasteiger partial charge in [0.2, 0.25) is 0 Å². The van der Waals surface area contributed by atoms with E-state index in [4.69, 9.17) is 4.74 Å². The van der Waals surface area contributed by atoms with Gasteiger partial charge in [0.05, 0.1) is 6.10 Å². The lowest BCUT2D eigenvalue weighted by molar-refractivity contribution is 0.129. The van der Waals surface area contributed by atoms with Crippen LogP contribution in [0.25, 0.3) is 0 Å². The lowest BCUT2D eigenvalue weighted by Crippen LogP contribution is -2.17. The third-order valence-electron chi connectivity index (χ3n) is 2.36. The average molecular weight is 193 g/mol. The van der Waals surface area contributed by atoms with Crippen molar-refractivity contribution >= 4 is 5.69 Å². The molecular weight excluding hydrogens is 174 g/mol. The molecule has 14 heavy (non-hydrogen) atoms. The fourth-order valence-electron chi connectivity index (χ4n) is 1.20. The predicted octanol–water partition coefficient (Wildman–Crippen LogP) is 2.70. The van der Waals surface area contributed by atoms with Gasteiger partial charge in [0, 0.05) is 19.3 Å². The van der Waals surface area contributed by atoms with Crippen molar-refractivity contribution in [1.82, 2.24) is 0 Å². The molecule has 0 spiro atoms. The number of anilines is 1. The van der Waals surface area contributed by atoms with E-state index in [2.05, 4.69) is 36.5 Å². The summed E-state index contributed by atoms with van der Waals surface area (Å²) in [4.78, 5) is 0. The molecular formula is C12H19NO. The van der Waals surface area contributed by atoms with E-state index in [1.807, 2.05) is 6.92 Å². The molecule has 0 aliphatic heterocycles.